The van der Waals surface area contributed by atoms with Gasteiger partial charge in [0.25, 0.3) is 11.5 Å². The third-order valence-electron chi connectivity index (χ3n) is 3.29. The van der Waals surface area contributed by atoms with E-state index in [2.05, 4.69) is 5.10 Å². The van der Waals surface area contributed by atoms with Gasteiger partial charge in [0, 0.05) is 32.8 Å². The Labute approximate surface area is 105 Å². The summed E-state index contributed by atoms with van der Waals surface area (Å²) in [5.41, 5.74) is 0.0628. The lowest BCUT2D eigenvalue weighted by Crippen LogP contribution is -2.31. The topological polar surface area (TPSA) is 75.4 Å². The van der Waals surface area contributed by atoms with E-state index in [0.29, 0.717) is 24.7 Å². The normalized spacial score (nSPS) is 19.2. The molecule has 0 aromatic carbocycles. The highest BCUT2D eigenvalue weighted by Crippen LogP contribution is 2.20. The van der Waals surface area contributed by atoms with Gasteiger partial charge in [0.2, 0.25) is 0 Å². The second kappa shape index (κ2) is 5.30. The van der Waals surface area contributed by atoms with E-state index >= 15 is 0 Å². The molecule has 2 rings (SSSR count). The molecule has 98 valence electrons. The van der Waals surface area contributed by atoms with Crippen LogP contribution in [0.15, 0.2) is 16.9 Å². The molecule has 0 saturated carbocycles. The van der Waals surface area contributed by atoms with Gasteiger partial charge in [-0.15, -0.1) is 0 Å². The number of hydrogen-bond acceptors (Lipinski definition) is 4. The van der Waals surface area contributed by atoms with Crippen molar-refractivity contribution in [3.05, 3.63) is 28.2 Å². The van der Waals surface area contributed by atoms with E-state index in [1.165, 1.54) is 19.2 Å². The fourth-order valence-electron chi connectivity index (χ4n) is 2.21. The molecule has 1 aromatic rings. The van der Waals surface area contributed by atoms with Crippen LogP contribution >= 0.6 is 0 Å². The Morgan fingerprint density at radius 3 is 3.00 bits per heavy atom. The largest absolute Gasteiger partial charge is 0.396 e. The monoisotopic (exact) mass is 251 g/mol. The Bertz CT molecular complexity index is 498. The Kier molecular flexibility index (Phi) is 3.76. The van der Waals surface area contributed by atoms with Gasteiger partial charge in [0.15, 0.2) is 0 Å². The maximum absolute atomic E-state index is 12.1. The predicted octanol–water partition coefficient (Wildman–Crippen LogP) is -0.375. The van der Waals surface area contributed by atoms with Gasteiger partial charge >= 0.3 is 0 Å². The predicted molar refractivity (Wildman–Crippen MR) is 65.2 cm³/mol. The summed E-state index contributed by atoms with van der Waals surface area (Å²) in [5.74, 6) is 0.220. The van der Waals surface area contributed by atoms with Crippen molar-refractivity contribution < 1.29 is 9.90 Å². The van der Waals surface area contributed by atoms with Crippen LogP contribution in [0.4, 0.5) is 0 Å². The van der Waals surface area contributed by atoms with Crippen LogP contribution in [0, 0.1) is 5.92 Å². The van der Waals surface area contributed by atoms with Crippen LogP contribution in [-0.2, 0) is 7.05 Å². The third-order valence-corrected chi connectivity index (χ3v) is 3.29. The highest BCUT2D eigenvalue weighted by atomic mass is 16.3. The number of likely N-dealkylation sites (tertiary alicyclic amines) is 1. The van der Waals surface area contributed by atoms with Crippen molar-refractivity contribution in [2.75, 3.05) is 19.7 Å². The Morgan fingerprint density at radius 1 is 1.56 bits per heavy atom. The van der Waals surface area contributed by atoms with E-state index in [4.69, 9.17) is 5.11 Å². The first-order chi connectivity index (χ1) is 8.61. The van der Waals surface area contributed by atoms with Gasteiger partial charge in [-0.05, 0) is 24.8 Å². The van der Waals surface area contributed by atoms with Crippen LogP contribution in [-0.4, -0.2) is 45.4 Å². The van der Waals surface area contributed by atoms with Gasteiger partial charge in [-0.25, -0.2) is 4.68 Å². The maximum Gasteiger partial charge on any atom is 0.274 e. The van der Waals surface area contributed by atoms with Gasteiger partial charge < -0.3 is 10.0 Å². The molecule has 6 heteroatoms. The standard InChI is InChI=1S/C12H17N3O3/c1-14-11(17)3-2-10(13-14)12(18)15-6-4-9(8-15)5-7-16/h2-3,9,16H,4-8H2,1H3. The molecule has 1 unspecified atom stereocenters. The summed E-state index contributed by atoms with van der Waals surface area (Å²) in [4.78, 5) is 25.1. The molecule has 1 aliphatic rings. The van der Waals surface area contributed by atoms with Crippen molar-refractivity contribution in [2.24, 2.45) is 13.0 Å². The van der Waals surface area contributed by atoms with E-state index in [1.807, 2.05) is 0 Å². The Hall–Kier alpha value is -1.69. The number of aryl methyl sites for hydroxylation is 1. The average molecular weight is 251 g/mol. The molecule has 1 amide bonds. The lowest BCUT2D eigenvalue weighted by atomic mass is 10.1. The van der Waals surface area contributed by atoms with Crippen molar-refractivity contribution in [3.63, 3.8) is 0 Å². The molecule has 1 saturated heterocycles. The minimum Gasteiger partial charge on any atom is -0.396 e. The molecule has 0 spiro atoms. The van der Waals surface area contributed by atoms with Gasteiger partial charge in [-0.1, -0.05) is 0 Å². The number of aromatic nitrogens is 2. The number of hydrogen-bond donors (Lipinski definition) is 1. The second-order valence-electron chi connectivity index (χ2n) is 4.60. The van der Waals surface area contributed by atoms with Gasteiger partial charge in [0.1, 0.15) is 5.69 Å². The van der Waals surface area contributed by atoms with E-state index < -0.39 is 0 Å². The van der Waals surface area contributed by atoms with E-state index in [-0.39, 0.29) is 18.1 Å². The maximum atomic E-state index is 12.1. The lowest BCUT2D eigenvalue weighted by molar-refractivity contribution is 0.0776. The quantitative estimate of drug-likeness (QED) is 0.795. The molecule has 1 atom stereocenters. The first kappa shape index (κ1) is 12.8. The summed E-state index contributed by atoms with van der Waals surface area (Å²) >= 11 is 0. The van der Waals surface area contributed by atoms with Crippen molar-refractivity contribution >= 4 is 5.91 Å². The van der Waals surface area contributed by atoms with Gasteiger partial charge in [-0.2, -0.15) is 5.10 Å². The minimum atomic E-state index is -0.230. The number of carbonyl (C=O) groups is 1. The number of amides is 1. The minimum absolute atomic E-state index is 0.147. The number of aliphatic hydroxyl groups is 1. The van der Waals surface area contributed by atoms with E-state index in [9.17, 15) is 9.59 Å². The zero-order valence-corrected chi connectivity index (χ0v) is 10.4. The molecule has 0 radical (unpaired) electrons. The molecule has 2 heterocycles. The van der Waals surface area contributed by atoms with Gasteiger partial charge in [0.05, 0.1) is 0 Å². The molecule has 1 aromatic heterocycles. The van der Waals surface area contributed by atoms with Crippen LogP contribution in [0.1, 0.15) is 23.3 Å². The molecule has 18 heavy (non-hydrogen) atoms. The zero-order chi connectivity index (χ0) is 13.1. The molecular weight excluding hydrogens is 234 g/mol. The van der Waals surface area contributed by atoms with E-state index in [0.717, 1.165) is 17.5 Å². The molecule has 1 aliphatic heterocycles. The van der Waals surface area contributed by atoms with Crippen molar-refractivity contribution in [2.45, 2.75) is 12.8 Å². The summed E-state index contributed by atoms with van der Waals surface area (Å²) in [6.45, 7) is 1.50. The fourth-order valence-corrected chi connectivity index (χ4v) is 2.21. The smallest absolute Gasteiger partial charge is 0.274 e. The van der Waals surface area contributed by atoms with Crippen LogP contribution in [0.2, 0.25) is 0 Å². The Balaban J connectivity index is 2.08. The summed E-state index contributed by atoms with van der Waals surface area (Å²) in [7, 11) is 1.53. The second-order valence-corrected chi connectivity index (χ2v) is 4.60. The third kappa shape index (κ3) is 2.59. The Morgan fingerprint density at radius 2 is 2.33 bits per heavy atom. The number of carbonyl (C=O) groups excluding carboxylic acids is 1. The fraction of sp³-hybridized carbons (Fsp3) is 0.583. The van der Waals surface area contributed by atoms with Crippen molar-refractivity contribution in [3.8, 4) is 0 Å². The van der Waals surface area contributed by atoms with Crippen LogP contribution in [0.5, 0.6) is 0 Å². The summed E-state index contributed by atoms with van der Waals surface area (Å²) in [6.07, 6.45) is 1.64. The number of aliphatic hydroxyl groups excluding tert-OH is 1. The van der Waals surface area contributed by atoms with Crippen LogP contribution in [0.25, 0.3) is 0 Å². The van der Waals surface area contributed by atoms with Crippen molar-refractivity contribution in [1.29, 1.82) is 0 Å². The highest BCUT2D eigenvalue weighted by molar-refractivity contribution is 5.92. The SMILES string of the molecule is Cn1nc(C(=O)N2CCC(CCO)C2)ccc1=O. The van der Waals surface area contributed by atoms with Crippen LogP contribution in [0.3, 0.4) is 0 Å². The number of nitrogens with zero attached hydrogens (tertiary/aromatic N) is 3. The number of rotatable bonds is 3. The summed E-state index contributed by atoms with van der Waals surface area (Å²) in [6, 6.07) is 2.81. The first-order valence-corrected chi connectivity index (χ1v) is 6.06. The summed E-state index contributed by atoms with van der Waals surface area (Å²) < 4.78 is 1.16. The molecular formula is C12H17N3O3. The lowest BCUT2D eigenvalue weighted by Gasteiger charge is -2.15. The zero-order valence-electron chi connectivity index (χ0n) is 10.4. The molecule has 1 N–H and O–H groups in total. The molecule has 0 aliphatic carbocycles. The molecule has 0 bridgehead atoms. The molecule has 6 nitrogen and oxygen atoms in total. The van der Waals surface area contributed by atoms with Crippen molar-refractivity contribution in [1.82, 2.24) is 14.7 Å². The van der Waals surface area contributed by atoms with Gasteiger partial charge in [-0.3, -0.25) is 9.59 Å². The van der Waals surface area contributed by atoms with Crippen LogP contribution < -0.4 is 5.56 Å². The van der Waals surface area contributed by atoms with E-state index in [1.54, 1.807) is 4.90 Å². The summed E-state index contributed by atoms with van der Waals surface area (Å²) in [5, 5.41) is 12.8. The first-order valence-electron chi connectivity index (χ1n) is 6.06. The highest BCUT2D eigenvalue weighted by Gasteiger charge is 2.27. The average Bonchev–Trinajstić information content (AvgIpc) is 2.81. The molecule has 1 fully saturated rings.